The molecule has 0 N–H and O–H groups in total. The van der Waals surface area contributed by atoms with Crippen LogP contribution < -0.4 is 0 Å². The van der Waals surface area contributed by atoms with Crippen molar-refractivity contribution < 1.29 is 19.0 Å². The molecule has 0 aliphatic carbocycles. The van der Waals surface area contributed by atoms with Crippen LogP contribution in [0.15, 0.2) is 56.1 Å². The Balaban J connectivity index is 4.76. The van der Waals surface area contributed by atoms with Gasteiger partial charge in [0.05, 0.1) is 6.61 Å². The molecule has 0 heterocycles. The first-order chi connectivity index (χ1) is 8.71. The van der Waals surface area contributed by atoms with E-state index in [0.717, 1.165) is 0 Å². The van der Waals surface area contributed by atoms with Crippen LogP contribution in [0.2, 0.25) is 0 Å². The third-order valence-corrected chi connectivity index (χ3v) is 1.76. The fourth-order valence-corrected chi connectivity index (χ4v) is 1.03. The number of ether oxygens (including phenoxy) is 3. The molecule has 0 radical (unpaired) electrons. The second-order valence-electron chi connectivity index (χ2n) is 3.13. The molecule has 0 rings (SSSR count). The smallest absolute Gasteiger partial charge is 0.217 e. The largest absolute Gasteiger partial charge is 0.491 e. The maximum Gasteiger partial charge on any atom is 0.217 e. The van der Waals surface area contributed by atoms with Gasteiger partial charge in [0, 0.05) is 0 Å². The molecule has 0 aromatic heterocycles. The van der Waals surface area contributed by atoms with E-state index in [1.807, 2.05) is 0 Å². The molecule has 0 aliphatic heterocycles. The lowest BCUT2D eigenvalue weighted by Crippen LogP contribution is -2.22. The lowest BCUT2D eigenvalue weighted by molar-refractivity contribution is 0.0355. The van der Waals surface area contributed by atoms with Gasteiger partial charge in [-0.25, -0.2) is 4.79 Å². The molecule has 18 heavy (non-hydrogen) atoms. The van der Waals surface area contributed by atoms with E-state index in [9.17, 15) is 4.79 Å². The Morgan fingerprint density at radius 3 is 2.11 bits per heavy atom. The number of hydrogen-bond donors (Lipinski definition) is 0. The molecule has 4 heteroatoms. The van der Waals surface area contributed by atoms with Crippen LogP contribution in [0, 0.1) is 0 Å². The van der Waals surface area contributed by atoms with Gasteiger partial charge in [0.25, 0.3) is 0 Å². The van der Waals surface area contributed by atoms with E-state index in [2.05, 4.69) is 26.3 Å². The number of hydrogen-bond acceptors (Lipinski definition) is 4. The first-order valence-corrected chi connectivity index (χ1v) is 5.34. The van der Waals surface area contributed by atoms with Crippen LogP contribution in [0.4, 0.5) is 0 Å². The minimum Gasteiger partial charge on any atom is -0.491 e. The average Bonchev–Trinajstić information content (AvgIpc) is 2.39. The molecule has 0 fully saturated rings. The molecule has 0 amide bonds. The maximum absolute atomic E-state index is 10.8. The van der Waals surface area contributed by atoms with Crippen LogP contribution in [-0.4, -0.2) is 31.9 Å². The molecule has 0 saturated heterocycles. The van der Waals surface area contributed by atoms with Crippen LogP contribution in [0.25, 0.3) is 0 Å². The summed E-state index contributed by atoms with van der Waals surface area (Å²) in [6.07, 6.45) is 3.80. The van der Waals surface area contributed by atoms with E-state index in [4.69, 9.17) is 14.2 Å². The van der Waals surface area contributed by atoms with Gasteiger partial charge in [-0.05, 0) is 0 Å². The van der Waals surface area contributed by atoms with Crippen molar-refractivity contribution in [3.63, 3.8) is 0 Å². The fourth-order valence-electron chi connectivity index (χ4n) is 1.03. The quantitative estimate of drug-likeness (QED) is 0.320. The zero-order valence-electron chi connectivity index (χ0n) is 10.4. The van der Waals surface area contributed by atoms with Gasteiger partial charge >= 0.3 is 0 Å². The van der Waals surface area contributed by atoms with Gasteiger partial charge in [0.2, 0.25) is 5.76 Å². The van der Waals surface area contributed by atoms with Crippen LogP contribution in [0.3, 0.4) is 0 Å². The number of rotatable bonds is 11. The van der Waals surface area contributed by atoms with E-state index in [0.29, 0.717) is 0 Å². The molecule has 0 spiro atoms. The Morgan fingerprint density at radius 1 is 1.06 bits per heavy atom. The van der Waals surface area contributed by atoms with Gasteiger partial charge in [-0.3, -0.25) is 0 Å². The van der Waals surface area contributed by atoms with Crippen molar-refractivity contribution >= 4 is 5.94 Å². The molecule has 0 aromatic rings. The summed E-state index contributed by atoms with van der Waals surface area (Å²) in [5, 5.41) is 0. The van der Waals surface area contributed by atoms with E-state index in [-0.39, 0.29) is 31.3 Å². The van der Waals surface area contributed by atoms with Gasteiger partial charge in [-0.2, -0.15) is 0 Å². The molecular weight excluding hydrogens is 232 g/mol. The van der Waals surface area contributed by atoms with Gasteiger partial charge < -0.3 is 14.2 Å². The summed E-state index contributed by atoms with van der Waals surface area (Å²) < 4.78 is 15.8. The third-order valence-electron chi connectivity index (χ3n) is 1.76. The van der Waals surface area contributed by atoms with Crippen molar-refractivity contribution in [1.82, 2.24) is 0 Å². The zero-order chi connectivity index (χ0) is 13.8. The minimum atomic E-state index is -0.819. The molecule has 0 bridgehead atoms. The van der Waals surface area contributed by atoms with Gasteiger partial charge in [0.1, 0.15) is 19.0 Å². The standard InChI is InChI=1S/C14H18O4/c1-5-8-16-12(4)14(18-10-7-3)13(11-15)17-9-6-2/h5-7,14H,1-4,8-10H2. The molecule has 1 atom stereocenters. The van der Waals surface area contributed by atoms with Crippen molar-refractivity contribution in [2.45, 2.75) is 6.10 Å². The van der Waals surface area contributed by atoms with Crippen molar-refractivity contribution in [2.75, 3.05) is 19.8 Å². The van der Waals surface area contributed by atoms with Crippen molar-refractivity contribution in [2.24, 2.45) is 0 Å². The summed E-state index contributed by atoms with van der Waals surface area (Å²) in [7, 11) is 0. The highest BCUT2D eigenvalue weighted by Gasteiger charge is 2.22. The summed E-state index contributed by atoms with van der Waals surface area (Å²) in [6.45, 7) is 14.9. The molecule has 0 aromatic carbocycles. The minimum absolute atomic E-state index is 0.0363. The maximum atomic E-state index is 10.8. The van der Waals surface area contributed by atoms with Crippen molar-refractivity contribution in [1.29, 1.82) is 0 Å². The molecule has 0 aliphatic rings. The summed E-state index contributed by atoms with van der Waals surface area (Å²) in [5.74, 6) is 1.89. The Kier molecular flexibility index (Phi) is 9.00. The molecule has 0 saturated carbocycles. The first kappa shape index (κ1) is 16.0. The van der Waals surface area contributed by atoms with Crippen molar-refractivity contribution in [3.05, 3.63) is 56.1 Å². The predicted octanol–water partition coefficient (Wildman–Crippen LogP) is 2.19. The molecule has 4 nitrogen and oxygen atoms in total. The Labute approximate surface area is 108 Å². The van der Waals surface area contributed by atoms with E-state index >= 15 is 0 Å². The number of carbonyl (C=O) groups excluding carboxylic acids is 1. The second kappa shape index (κ2) is 10.1. The van der Waals surface area contributed by atoms with Gasteiger partial charge in [-0.1, -0.05) is 38.0 Å². The molecular formula is C14H18O4. The second-order valence-corrected chi connectivity index (χ2v) is 3.13. The Bertz CT molecular complexity index is 351. The van der Waals surface area contributed by atoms with E-state index < -0.39 is 6.10 Å². The van der Waals surface area contributed by atoms with Crippen LogP contribution in [-0.2, 0) is 19.0 Å². The van der Waals surface area contributed by atoms with Gasteiger partial charge in [0.15, 0.2) is 12.0 Å². The Morgan fingerprint density at radius 2 is 1.61 bits per heavy atom. The topological polar surface area (TPSA) is 44.8 Å². The summed E-state index contributed by atoms with van der Waals surface area (Å²) in [4.78, 5) is 10.8. The highest BCUT2D eigenvalue weighted by atomic mass is 16.6. The van der Waals surface area contributed by atoms with E-state index in [1.165, 1.54) is 6.08 Å². The molecule has 1 unspecified atom stereocenters. The average molecular weight is 250 g/mol. The van der Waals surface area contributed by atoms with Crippen LogP contribution >= 0.6 is 0 Å². The lowest BCUT2D eigenvalue weighted by atomic mass is 10.2. The Hall–Kier alpha value is -2.03. The zero-order valence-corrected chi connectivity index (χ0v) is 10.4. The lowest BCUT2D eigenvalue weighted by Gasteiger charge is -2.20. The third kappa shape index (κ3) is 5.89. The first-order valence-electron chi connectivity index (χ1n) is 5.34. The monoisotopic (exact) mass is 250 g/mol. The summed E-state index contributed by atoms with van der Waals surface area (Å²) in [6, 6.07) is 0. The van der Waals surface area contributed by atoms with Crippen LogP contribution in [0.1, 0.15) is 0 Å². The summed E-state index contributed by atoms with van der Waals surface area (Å²) >= 11 is 0. The normalized spacial score (nSPS) is 10.7. The van der Waals surface area contributed by atoms with Crippen molar-refractivity contribution in [3.8, 4) is 0 Å². The molecule has 98 valence electrons. The van der Waals surface area contributed by atoms with E-state index in [1.54, 1.807) is 18.1 Å². The van der Waals surface area contributed by atoms with Gasteiger partial charge in [-0.15, -0.1) is 6.58 Å². The highest BCUT2D eigenvalue weighted by molar-refractivity contribution is 5.52. The fraction of sp³-hybridized carbons (Fsp3) is 0.286. The highest BCUT2D eigenvalue weighted by Crippen LogP contribution is 2.15. The summed E-state index contributed by atoms with van der Waals surface area (Å²) in [5.41, 5.74) is 0. The predicted molar refractivity (Wildman–Crippen MR) is 70.6 cm³/mol. The van der Waals surface area contributed by atoms with Crippen LogP contribution in [0.5, 0.6) is 0 Å². The SMILES string of the molecule is C=CCOC(=C)C(OCC=C)C(=C=O)OCC=C.